The van der Waals surface area contributed by atoms with Crippen LogP contribution < -0.4 is 5.32 Å². The van der Waals surface area contributed by atoms with Crippen LogP contribution in [0.3, 0.4) is 0 Å². The third-order valence-electron chi connectivity index (χ3n) is 3.76. The molecule has 1 unspecified atom stereocenters. The van der Waals surface area contributed by atoms with Crippen LogP contribution in [0.25, 0.3) is 0 Å². The van der Waals surface area contributed by atoms with Gasteiger partial charge in [-0.05, 0) is 51.0 Å². The lowest BCUT2D eigenvalue weighted by atomic mass is 10.0. The average Bonchev–Trinajstić information content (AvgIpc) is 2.42. The molecule has 0 aliphatic rings. The molecule has 1 rings (SSSR count). The van der Waals surface area contributed by atoms with Crippen molar-refractivity contribution in [1.29, 1.82) is 0 Å². The second kappa shape index (κ2) is 8.28. The summed E-state index contributed by atoms with van der Waals surface area (Å²) in [5, 5.41) is 3.23. The topological polar surface area (TPSA) is 15.3 Å². The van der Waals surface area contributed by atoms with Crippen molar-refractivity contribution in [3.8, 4) is 0 Å². The van der Waals surface area contributed by atoms with Gasteiger partial charge < -0.3 is 5.32 Å². The fraction of sp³-hybridized carbons (Fsp3) is 0.625. The van der Waals surface area contributed by atoms with E-state index < -0.39 is 0 Å². The van der Waals surface area contributed by atoms with Crippen molar-refractivity contribution in [3.63, 3.8) is 0 Å². The van der Waals surface area contributed by atoms with Crippen LogP contribution >= 0.6 is 0 Å². The van der Waals surface area contributed by atoms with Crippen LogP contribution in [0.1, 0.15) is 38.3 Å². The summed E-state index contributed by atoms with van der Waals surface area (Å²) in [5.74, 6) is 0. The van der Waals surface area contributed by atoms with Crippen LogP contribution in [-0.2, 0) is 13.0 Å². The first-order valence-corrected chi connectivity index (χ1v) is 7.18. The molecule has 0 heterocycles. The summed E-state index contributed by atoms with van der Waals surface area (Å²) in [5.41, 5.74) is 2.96. The molecule has 1 aromatic rings. The zero-order valence-electron chi connectivity index (χ0n) is 12.4. The maximum absolute atomic E-state index is 3.23. The van der Waals surface area contributed by atoms with E-state index >= 15 is 0 Å². The standard InChI is InChI=1S/C16H28N2/c1-5-14(3)18(6-2)13-16-10-8-7-9-15(16)11-12-17-4/h7-10,14,17H,5-6,11-13H2,1-4H3. The molecule has 0 saturated carbocycles. The summed E-state index contributed by atoms with van der Waals surface area (Å²) in [7, 11) is 2.01. The van der Waals surface area contributed by atoms with E-state index in [0.29, 0.717) is 6.04 Å². The minimum Gasteiger partial charge on any atom is -0.319 e. The van der Waals surface area contributed by atoms with E-state index in [2.05, 4.69) is 55.3 Å². The number of nitrogens with zero attached hydrogens (tertiary/aromatic N) is 1. The molecule has 0 aromatic heterocycles. The summed E-state index contributed by atoms with van der Waals surface area (Å²) in [6.45, 7) is 10.1. The highest BCUT2D eigenvalue weighted by Crippen LogP contribution is 2.15. The molecule has 1 N–H and O–H groups in total. The molecule has 0 fully saturated rings. The van der Waals surface area contributed by atoms with Gasteiger partial charge in [-0.25, -0.2) is 0 Å². The Morgan fingerprint density at radius 3 is 2.39 bits per heavy atom. The third-order valence-corrected chi connectivity index (χ3v) is 3.76. The number of benzene rings is 1. The molecule has 0 aliphatic heterocycles. The van der Waals surface area contributed by atoms with Gasteiger partial charge >= 0.3 is 0 Å². The predicted molar refractivity (Wildman–Crippen MR) is 79.9 cm³/mol. The first-order valence-electron chi connectivity index (χ1n) is 7.18. The fourth-order valence-electron chi connectivity index (χ4n) is 2.27. The summed E-state index contributed by atoms with van der Waals surface area (Å²) in [4.78, 5) is 2.55. The van der Waals surface area contributed by atoms with Gasteiger partial charge in [-0.15, -0.1) is 0 Å². The van der Waals surface area contributed by atoms with Gasteiger partial charge in [0.05, 0.1) is 0 Å². The molecule has 1 aromatic carbocycles. The lowest BCUT2D eigenvalue weighted by Gasteiger charge is -2.28. The minimum absolute atomic E-state index is 0.660. The average molecular weight is 248 g/mol. The molecule has 0 bridgehead atoms. The summed E-state index contributed by atoms with van der Waals surface area (Å²) >= 11 is 0. The number of likely N-dealkylation sites (N-methyl/N-ethyl adjacent to an activating group) is 1. The van der Waals surface area contributed by atoms with Gasteiger partial charge in [-0.3, -0.25) is 4.90 Å². The molecule has 0 spiro atoms. The SMILES string of the molecule is CCC(C)N(CC)Cc1ccccc1CCNC. The smallest absolute Gasteiger partial charge is 0.0239 e. The molecular weight excluding hydrogens is 220 g/mol. The summed E-state index contributed by atoms with van der Waals surface area (Å²) in [6, 6.07) is 9.50. The second-order valence-corrected chi connectivity index (χ2v) is 4.94. The number of rotatable bonds is 8. The van der Waals surface area contributed by atoms with Crippen molar-refractivity contribution in [1.82, 2.24) is 10.2 Å². The number of nitrogens with one attached hydrogen (secondary N) is 1. The third kappa shape index (κ3) is 4.43. The minimum atomic E-state index is 0.660. The molecular formula is C16H28N2. The monoisotopic (exact) mass is 248 g/mol. The first-order chi connectivity index (χ1) is 8.72. The van der Waals surface area contributed by atoms with Crippen molar-refractivity contribution in [2.24, 2.45) is 0 Å². The summed E-state index contributed by atoms with van der Waals surface area (Å²) < 4.78 is 0. The molecule has 0 amide bonds. The van der Waals surface area contributed by atoms with Crippen molar-refractivity contribution in [3.05, 3.63) is 35.4 Å². The molecule has 0 aliphatic carbocycles. The summed E-state index contributed by atoms with van der Waals surface area (Å²) in [6.07, 6.45) is 2.33. The van der Waals surface area contributed by atoms with Gasteiger partial charge in [0.2, 0.25) is 0 Å². The van der Waals surface area contributed by atoms with E-state index in [-0.39, 0.29) is 0 Å². The second-order valence-electron chi connectivity index (χ2n) is 4.94. The molecule has 0 saturated heterocycles. The highest BCUT2D eigenvalue weighted by atomic mass is 15.1. The highest BCUT2D eigenvalue weighted by Gasteiger charge is 2.12. The van der Waals surface area contributed by atoms with Gasteiger partial charge in [-0.1, -0.05) is 38.1 Å². The lowest BCUT2D eigenvalue weighted by Crippen LogP contribution is -2.32. The van der Waals surface area contributed by atoms with E-state index in [9.17, 15) is 0 Å². The molecule has 18 heavy (non-hydrogen) atoms. The zero-order chi connectivity index (χ0) is 13.4. The first kappa shape index (κ1) is 15.2. The van der Waals surface area contributed by atoms with Gasteiger partial charge in [0.1, 0.15) is 0 Å². The maximum atomic E-state index is 3.23. The Morgan fingerprint density at radius 2 is 1.83 bits per heavy atom. The molecule has 102 valence electrons. The Bertz CT molecular complexity index is 336. The van der Waals surface area contributed by atoms with Crippen LogP contribution in [0, 0.1) is 0 Å². The van der Waals surface area contributed by atoms with Crippen LogP contribution in [0.4, 0.5) is 0 Å². The Morgan fingerprint density at radius 1 is 1.17 bits per heavy atom. The maximum Gasteiger partial charge on any atom is 0.0239 e. The van der Waals surface area contributed by atoms with Crippen molar-refractivity contribution in [2.45, 2.75) is 46.2 Å². The van der Waals surface area contributed by atoms with Crippen LogP contribution in [0.15, 0.2) is 24.3 Å². The van der Waals surface area contributed by atoms with Crippen LogP contribution in [0.2, 0.25) is 0 Å². The quantitative estimate of drug-likeness (QED) is 0.760. The molecule has 2 nitrogen and oxygen atoms in total. The van der Waals surface area contributed by atoms with Gasteiger partial charge in [-0.2, -0.15) is 0 Å². The normalized spacial score (nSPS) is 12.9. The van der Waals surface area contributed by atoms with Gasteiger partial charge in [0, 0.05) is 12.6 Å². The van der Waals surface area contributed by atoms with Crippen LogP contribution in [0.5, 0.6) is 0 Å². The molecule has 0 radical (unpaired) electrons. The lowest BCUT2D eigenvalue weighted by molar-refractivity contribution is 0.205. The Kier molecular flexibility index (Phi) is 6.99. The van der Waals surface area contributed by atoms with E-state index in [4.69, 9.17) is 0 Å². The number of hydrogen-bond donors (Lipinski definition) is 1. The fourth-order valence-corrected chi connectivity index (χ4v) is 2.27. The van der Waals surface area contributed by atoms with Crippen molar-refractivity contribution < 1.29 is 0 Å². The van der Waals surface area contributed by atoms with E-state index in [1.165, 1.54) is 17.5 Å². The van der Waals surface area contributed by atoms with Gasteiger partial charge in [0.15, 0.2) is 0 Å². The number of hydrogen-bond acceptors (Lipinski definition) is 2. The van der Waals surface area contributed by atoms with E-state index in [0.717, 1.165) is 26.1 Å². The van der Waals surface area contributed by atoms with Gasteiger partial charge in [0.25, 0.3) is 0 Å². The van der Waals surface area contributed by atoms with E-state index in [1.54, 1.807) is 0 Å². The Hall–Kier alpha value is -0.860. The zero-order valence-corrected chi connectivity index (χ0v) is 12.4. The van der Waals surface area contributed by atoms with Crippen molar-refractivity contribution >= 4 is 0 Å². The van der Waals surface area contributed by atoms with Crippen LogP contribution in [-0.4, -0.2) is 31.1 Å². The van der Waals surface area contributed by atoms with E-state index in [1.807, 2.05) is 7.05 Å². The Balaban J connectivity index is 2.75. The van der Waals surface area contributed by atoms with Crippen molar-refractivity contribution in [2.75, 3.05) is 20.1 Å². The highest BCUT2D eigenvalue weighted by molar-refractivity contribution is 5.27. The largest absolute Gasteiger partial charge is 0.319 e. The predicted octanol–water partition coefficient (Wildman–Crippen LogP) is 3.07. The molecule has 2 heteroatoms. The molecule has 1 atom stereocenters. The Labute approximate surface area is 112 Å².